The highest BCUT2D eigenvalue weighted by atomic mass is 32.2. The molecule has 0 saturated carbocycles. The van der Waals surface area contributed by atoms with E-state index in [2.05, 4.69) is 6.58 Å². The predicted molar refractivity (Wildman–Crippen MR) is 67.3 cm³/mol. The second-order valence-corrected chi connectivity index (χ2v) is 5.19. The molecule has 1 aromatic carbocycles. The van der Waals surface area contributed by atoms with Crippen molar-refractivity contribution in [3.05, 3.63) is 48.0 Å². The minimum Gasteiger partial charge on any atom is -0.288 e. The van der Waals surface area contributed by atoms with Crippen LogP contribution in [-0.2, 0) is 4.79 Å². The molecule has 0 aliphatic carbocycles. The van der Waals surface area contributed by atoms with E-state index in [9.17, 15) is 18.0 Å². The number of allylic oxidation sites excluding steroid dienone is 1. The van der Waals surface area contributed by atoms with Gasteiger partial charge in [-0.3, -0.25) is 4.79 Å². The molecule has 0 aliphatic heterocycles. The number of alkyl halides is 3. The zero-order chi connectivity index (χ0) is 13.8. The zero-order valence-corrected chi connectivity index (χ0v) is 10.6. The van der Waals surface area contributed by atoms with Crippen molar-refractivity contribution in [2.24, 2.45) is 0 Å². The van der Waals surface area contributed by atoms with Gasteiger partial charge in [0, 0.05) is 17.7 Å². The summed E-state index contributed by atoms with van der Waals surface area (Å²) in [5.41, 5.74) is -0.117. The Balaban J connectivity index is 2.87. The van der Waals surface area contributed by atoms with Crippen LogP contribution in [0.2, 0.25) is 0 Å². The molecule has 18 heavy (non-hydrogen) atoms. The van der Waals surface area contributed by atoms with Crippen molar-refractivity contribution in [3.63, 3.8) is 0 Å². The van der Waals surface area contributed by atoms with Crippen LogP contribution in [0.15, 0.2) is 42.5 Å². The molecular formula is C13H13F3OS. The summed E-state index contributed by atoms with van der Waals surface area (Å²) in [4.78, 5) is 11.1. The Morgan fingerprint density at radius 1 is 1.33 bits per heavy atom. The van der Waals surface area contributed by atoms with Gasteiger partial charge in [-0.15, -0.1) is 0 Å². The Labute approximate surface area is 108 Å². The molecule has 5 heteroatoms. The number of carbonyl (C=O) groups excluding carboxylic acids is 1. The van der Waals surface area contributed by atoms with Crippen LogP contribution in [0, 0.1) is 0 Å². The van der Waals surface area contributed by atoms with Gasteiger partial charge >= 0.3 is 6.18 Å². The fraction of sp³-hybridized carbons (Fsp3) is 0.308. The highest BCUT2D eigenvalue weighted by Crippen LogP contribution is 2.39. The number of hydrogen-bond acceptors (Lipinski definition) is 2. The average molecular weight is 274 g/mol. The Morgan fingerprint density at radius 3 is 2.33 bits per heavy atom. The summed E-state index contributed by atoms with van der Waals surface area (Å²) in [6, 6.07) is 8.67. The number of benzene rings is 1. The Morgan fingerprint density at radius 2 is 1.89 bits per heavy atom. The fourth-order valence-corrected chi connectivity index (χ4v) is 2.41. The first-order chi connectivity index (χ1) is 8.30. The predicted octanol–water partition coefficient (Wildman–Crippen LogP) is 4.52. The van der Waals surface area contributed by atoms with Gasteiger partial charge in [0.25, 0.3) is 0 Å². The van der Waals surface area contributed by atoms with Gasteiger partial charge in [-0.05, 0) is 12.0 Å². The van der Waals surface area contributed by atoms with E-state index in [0.717, 1.165) is 11.8 Å². The standard InChI is InChI=1S/C13H13F3OS/c1-9(13(14,15)16)8-12(18-10(2)17)11-6-4-3-5-7-11/h3-7,12H,1,8H2,2H3. The first kappa shape index (κ1) is 14.8. The van der Waals surface area contributed by atoms with Gasteiger partial charge in [-0.25, -0.2) is 0 Å². The topological polar surface area (TPSA) is 17.1 Å². The summed E-state index contributed by atoms with van der Waals surface area (Å²) in [6.45, 7) is 4.39. The van der Waals surface area contributed by atoms with Crippen molar-refractivity contribution in [2.75, 3.05) is 0 Å². The van der Waals surface area contributed by atoms with Crippen LogP contribution in [-0.4, -0.2) is 11.3 Å². The maximum Gasteiger partial charge on any atom is 0.412 e. The first-order valence-corrected chi connectivity index (χ1v) is 6.16. The van der Waals surface area contributed by atoms with E-state index in [4.69, 9.17) is 0 Å². The third kappa shape index (κ3) is 4.56. The maximum atomic E-state index is 12.5. The summed E-state index contributed by atoms with van der Waals surface area (Å²) in [6.07, 6.45) is -4.69. The lowest BCUT2D eigenvalue weighted by Crippen LogP contribution is -2.13. The lowest BCUT2D eigenvalue weighted by atomic mass is 10.0. The Kier molecular flexibility index (Phi) is 5.02. The van der Waals surface area contributed by atoms with E-state index < -0.39 is 17.0 Å². The second-order valence-electron chi connectivity index (χ2n) is 3.81. The van der Waals surface area contributed by atoms with Crippen LogP contribution >= 0.6 is 11.8 Å². The maximum absolute atomic E-state index is 12.5. The molecule has 0 heterocycles. The van der Waals surface area contributed by atoms with Crippen LogP contribution < -0.4 is 0 Å². The first-order valence-electron chi connectivity index (χ1n) is 5.28. The molecule has 0 bridgehead atoms. The van der Waals surface area contributed by atoms with Gasteiger partial charge in [-0.2, -0.15) is 13.2 Å². The highest BCUT2D eigenvalue weighted by Gasteiger charge is 2.33. The quantitative estimate of drug-likeness (QED) is 0.751. The molecular weight excluding hydrogens is 261 g/mol. The molecule has 0 aliphatic rings. The molecule has 1 atom stereocenters. The molecule has 0 aromatic heterocycles. The molecule has 0 amide bonds. The van der Waals surface area contributed by atoms with Gasteiger partial charge in [-0.1, -0.05) is 48.7 Å². The van der Waals surface area contributed by atoms with Crippen molar-refractivity contribution in [1.82, 2.24) is 0 Å². The summed E-state index contributed by atoms with van der Waals surface area (Å²) in [5, 5.41) is -0.753. The number of rotatable bonds is 4. The molecule has 0 radical (unpaired) electrons. The molecule has 0 spiro atoms. The molecule has 0 saturated heterocycles. The van der Waals surface area contributed by atoms with Gasteiger partial charge in [0.15, 0.2) is 5.12 Å². The van der Waals surface area contributed by atoms with Gasteiger partial charge in [0.2, 0.25) is 0 Å². The van der Waals surface area contributed by atoms with Crippen molar-refractivity contribution >= 4 is 16.9 Å². The van der Waals surface area contributed by atoms with Crippen LogP contribution in [0.1, 0.15) is 24.2 Å². The van der Waals surface area contributed by atoms with E-state index >= 15 is 0 Å². The van der Waals surface area contributed by atoms with E-state index in [0.29, 0.717) is 5.56 Å². The van der Waals surface area contributed by atoms with Crippen molar-refractivity contribution in [1.29, 1.82) is 0 Å². The van der Waals surface area contributed by atoms with Crippen LogP contribution in [0.25, 0.3) is 0 Å². The third-order valence-electron chi connectivity index (χ3n) is 2.31. The lowest BCUT2D eigenvalue weighted by Gasteiger charge is -2.18. The molecule has 1 rings (SSSR count). The van der Waals surface area contributed by atoms with Crippen molar-refractivity contribution in [2.45, 2.75) is 24.8 Å². The molecule has 98 valence electrons. The molecule has 1 unspecified atom stereocenters. The summed E-state index contributed by atoms with van der Waals surface area (Å²) >= 11 is 0.897. The highest BCUT2D eigenvalue weighted by molar-refractivity contribution is 8.13. The normalized spacial score (nSPS) is 13.1. The van der Waals surface area contributed by atoms with Crippen LogP contribution in [0.4, 0.5) is 13.2 Å². The van der Waals surface area contributed by atoms with Crippen molar-refractivity contribution in [3.8, 4) is 0 Å². The number of carbonyl (C=O) groups is 1. The summed E-state index contributed by atoms with van der Waals surface area (Å²) in [5.74, 6) is 0. The lowest BCUT2D eigenvalue weighted by molar-refractivity contribution is -0.109. The number of thioether (sulfide) groups is 1. The minimum absolute atomic E-state index is 0.209. The molecule has 0 N–H and O–H groups in total. The van der Waals surface area contributed by atoms with E-state index in [1.54, 1.807) is 30.3 Å². The van der Waals surface area contributed by atoms with E-state index in [1.165, 1.54) is 6.92 Å². The SMILES string of the molecule is C=C(CC(SC(C)=O)c1ccccc1)C(F)(F)F. The monoisotopic (exact) mass is 274 g/mol. The minimum atomic E-state index is -4.41. The van der Waals surface area contributed by atoms with Crippen LogP contribution in [0.3, 0.4) is 0 Å². The Bertz CT molecular complexity index is 426. The van der Waals surface area contributed by atoms with Gasteiger partial charge in [0.05, 0.1) is 0 Å². The number of halogens is 3. The van der Waals surface area contributed by atoms with Gasteiger partial charge < -0.3 is 0 Å². The third-order valence-corrected chi connectivity index (χ3v) is 3.37. The second kappa shape index (κ2) is 6.09. The zero-order valence-electron chi connectivity index (χ0n) is 9.83. The number of hydrogen-bond donors (Lipinski definition) is 0. The fourth-order valence-electron chi connectivity index (χ4n) is 1.44. The smallest absolute Gasteiger partial charge is 0.288 e. The van der Waals surface area contributed by atoms with E-state index in [1.807, 2.05) is 0 Å². The summed E-state index contributed by atoms with van der Waals surface area (Å²) < 4.78 is 37.4. The Hall–Kier alpha value is -1.23. The molecule has 1 nitrogen and oxygen atoms in total. The van der Waals surface area contributed by atoms with Crippen LogP contribution in [0.5, 0.6) is 0 Å². The summed E-state index contributed by atoms with van der Waals surface area (Å²) in [7, 11) is 0. The van der Waals surface area contributed by atoms with Gasteiger partial charge in [0.1, 0.15) is 0 Å². The van der Waals surface area contributed by atoms with E-state index in [-0.39, 0.29) is 11.5 Å². The average Bonchev–Trinajstić information content (AvgIpc) is 2.27. The largest absolute Gasteiger partial charge is 0.412 e. The molecule has 1 aromatic rings. The van der Waals surface area contributed by atoms with Crippen molar-refractivity contribution < 1.29 is 18.0 Å². The molecule has 0 fully saturated rings.